The molecule has 0 aliphatic rings. The fourth-order valence-electron chi connectivity index (χ4n) is 3.10. The van der Waals surface area contributed by atoms with E-state index in [0.717, 1.165) is 43.3 Å². The maximum absolute atomic E-state index is 11.8. The van der Waals surface area contributed by atoms with Gasteiger partial charge in [0.2, 0.25) is 5.91 Å². The molecule has 2 aromatic carbocycles. The summed E-state index contributed by atoms with van der Waals surface area (Å²) in [5.74, 6) is 0.562. The Kier molecular flexibility index (Phi) is 5.18. The molecule has 3 aromatic rings. The molecular weight excluding hydrogens is 394 g/mol. The maximum Gasteiger partial charge on any atom is 0.244 e. The predicted octanol–water partition coefficient (Wildman–Crippen LogP) is 5.33. The average Bonchev–Trinajstić information content (AvgIpc) is 3.05. The molecule has 1 heterocycles. The van der Waals surface area contributed by atoms with E-state index in [4.69, 9.17) is 9.15 Å². The summed E-state index contributed by atoms with van der Waals surface area (Å²) in [7, 11) is 3.24. The number of allylic oxidation sites excluding steroid dienone is 1. The highest BCUT2D eigenvalue weighted by Crippen LogP contribution is 2.40. The van der Waals surface area contributed by atoms with E-state index in [9.17, 15) is 4.79 Å². The van der Waals surface area contributed by atoms with Crippen LogP contribution < -0.4 is 10.1 Å². The van der Waals surface area contributed by atoms with Crippen molar-refractivity contribution in [2.75, 3.05) is 14.2 Å². The molecule has 26 heavy (non-hydrogen) atoms. The SMILES string of the molecule is CNC(=O)/C=C(\C)c1cc2c(-c3cccc(Br)c3)coc2c(C)c1OC. The van der Waals surface area contributed by atoms with Crippen LogP contribution in [0.5, 0.6) is 5.75 Å². The first kappa shape index (κ1) is 18.3. The van der Waals surface area contributed by atoms with Gasteiger partial charge in [0.15, 0.2) is 0 Å². The second-order valence-corrected chi connectivity index (χ2v) is 6.98. The summed E-state index contributed by atoms with van der Waals surface area (Å²) in [6.07, 6.45) is 3.34. The third kappa shape index (κ3) is 3.27. The lowest BCUT2D eigenvalue weighted by molar-refractivity contribution is -0.116. The van der Waals surface area contributed by atoms with Crippen LogP contribution in [0.25, 0.3) is 27.7 Å². The normalized spacial score (nSPS) is 11.7. The highest BCUT2D eigenvalue weighted by atomic mass is 79.9. The number of methoxy groups -OCH3 is 1. The summed E-state index contributed by atoms with van der Waals surface area (Å²) in [6.45, 7) is 3.86. The number of likely N-dealkylation sites (N-methyl/N-ethyl adjacent to an activating group) is 1. The van der Waals surface area contributed by atoms with Gasteiger partial charge in [-0.1, -0.05) is 28.1 Å². The Balaban J connectivity index is 2.27. The van der Waals surface area contributed by atoms with Gasteiger partial charge >= 0.3 is 0 Å². The average molecular weight is 414 g/mol. The molecule has 0 saturated heterocycles. The second kappa shape index (κ2) is 7.38. The van der Waals surface area contributed by atoms with Crippen molar-refractivity contribution in [3.05, 3.63) is 58.3 Å². The zero-order valence-corrected chi connectivity index (χ0v) is 16.7. The quantitative estimate of drug-likeness (QED) is 0.588. The topological polar surface area (TPSA) is 51.5 Å². The van der Waals surface area contributed by atoms with Gasteiger partial charge in [-0.15, -0.1) is 0 Å². The van der Waals surface area contributed by atoms with Crippen LogP contribution in [0.2, 0.25) is 0 Å². The predicted molar refractivity (Wildman–Crippen MR) is 108 cm³/mol. The number of benzene rings is 2. The fourth-order valence-corrected chi connectivity index (χ4v) is 3.50. The number of rotatable bonds is 4. The number of ether oxygens (including phenoxy) is 1. The number of carbonyl (C=O) groups excluding carboxylic acids is 1. The minimum Gasteiger partial charge on any atom is -0.496 e. The Hall–Kier alpha value is -2.53. The second-order valence-electron chi connectivity index (χ2n) is 6.06. The van der Waals surface area contributed by atoms with Gasteiger partial charge in [-0.3, -0.25) is 4.79 Å². The molecule has 0 atom stereocenters. The van der Waals surface area contributed by atoms with E-state index in [2.05, 4.69) is 27.3 Å². The third-order valence-corrected chi connectivity index (χ3v) is 4.90. The monoisotopic (exact) mass is 413 g/mol. The highest BCUT2D eigenvalue weighted by Gasteiger charge is 2.18. The third-order valence-electron chi connectivity index (χ3n) is 4.40. The van der Waals surface area contributed by atoms with Crippen molar-refractivity contribution >= 4 is 38.4 Å². The largest absolute Gasteiger partial charge is 0.496 e. The van der Waals surface area contributed by atoms with E-state index in [1.165, 1.54) is 0 Å². The maximum atomic E-state index is 11.8. The van der Waals surface area contributed by atoms with Crippen molar-refractivity contribution in [1.29, 1.82) is 0 Å². The number of nitrogens with one attached hydrogen (secondary N) is 1. The highest BCUT2D eigenvalue weighted by molar-refractivity contribution is 9.10. The number of hydrogen-bond acceptors (Lipinski definition) is 3. The van der Waals surface area contributed by atoms with Crippen molar-refractivity contribution in [3.8, 4) is 16.9 Å². The van der Waals surface area contributed by atoms with Gasteiger partial charge in [-0.2, -0.15) is 0 Å². The Morgan fingerprint density at radius 2 is 2.08 bits per heavy atom. The molecule has 3 rings (SSSR count). The van der Waals surface area contributed by atoms with Crippen molar-refractivity contribution in [3.63, 3.8) is 0 Å². The molecule has 0 radical (unpaired) electrons. The zero-order valence-electron chi connectivity index (χ0n) is 15.1. The van der Waals surface area contributed by atoms with E-state index in [1.807, 2.05) is 38.1 Å². The molecule has 0 bridgehead atoms. The molecule has 1 N–H and O–H groups in total. The first-order valence-electron chi connectivity index (χ1n) is 8.21. The Morgan fingerprint density at radius 3 is 2.73 bits per heavy atom. The van der Waals surface area contributed by atoms with Crippen LogP contribution in [0.1, 0.15) is 18.1 Å². The first-order valence-corrected chi connectivity index (χ1v) is 9.00. The van der Waals surface area contributed by atoms with Crippen LogP contribution >= 0.6 is 15.9 Å². The summed E-state index contributed by atoms with van der Waals surface area (Å²) < 4.78 is 12.5. The summed E-state index contributed by atoms with van der Waals surface area (Å²) in [4.78, 5) is 11.8. The number of hydrogen-bond donors (Lipinski definition) is 1. The number of amides is 1. The minimum absolute atomic E-state index is 0.151. The van der Waals surface area contributed by atoms with Gasteiger partial charge in [0, 0.05) is 39.7 Å². The van der Waals surface area contributed by atoms with Gasteiger partial charge in [0.05, 0.1) is 13.4 Å². The smallest absolute Gasteiger partial charge is 0.244 e. The first-order chi connectivity index (χ1) is 12.5. The fraction of sp³-hybridized carbons (Fsp3) is 0.190. The van der Waals surface area contributed by atoms with Crippen LogP contribution in [0, 0.1) is 6.92 Å². The van der Waals surface area contributed by atoms with Crippen molar-refractivity contribution in [2.45, 2.75) is 13.8 Å². The van der Waals surface area contributed by atoms with Gasteiger partial charge in [-0.05, 0) is 43.2 Å². The van der Waals surface area contributed by atoms with Crippen LogP contribution in [0.4, 0.5) is 0 Å². The molecule has 0 aliphatic carbocycles. The Bertz CT molecular complexity index is 1020. The van der Waals surface area contributed by atoms with Gasteiger partial charge in [0.25, 0.3) is 0 Å². The lowest BCUT2D eigenvalue weighted by Crippen LogP contribution is -2.14. The number of aryl methyl sites for hydroxylation is 1. The Morgan fingerprint density at radius 1 is 1.31 bits per heavy atom. The molecular formula is C21H20BrNO3. The van der Waals surface area contributed by atoms with Crippen molar-refractivity contribution in [1.82, 2.24) is 5.32 Å². The van der Waals surface area contributed by atoms with Gasteiger partial charge in [0.1, 0.15) is 11.3 Å². The van der Waals surface area contributed by atoms with E-state index < -0.39 is 0 Å². The van der Waals surface area contributed by atoms with Gasteiger partial charge in [-0.25, -0.2) is 0 Å². The van der Waals surface area contributed by atoms with Crippen LogP contribution in [-0.4, -0.2) is 20.1 Å². The van der Waals surface area contributed by atoms with Crippen LogP contribution in [0.3, 0.4) is 0 Å². The molecule has 0 unspecified atom stereocenters. The molecule has 1 amide bonds. The molecule has 0 saturated carbocycles. The summed E-state index contributed by atoms with van der Waals surface area (Å²) >= 11 is 3.52. The van der Waals surface area contributed by atoms with E-state index >= 15 is 0 Å². The molecule has 1 aromatic heterocycles. The van der Waals surface area contributed by atoms with E-state index in [0.29, 0.717) is 5.75 Å². The lowest BCUT2D eigenvalue weighted by Gasteiger charge is -2.13. The van der Waals surface area contributed by atoms with Crippen molar-refractivity contribution in [2.24, 2.45) is 0 Å². The summed E-state index contributed by atoms with van der Waals surface area (Å²) in [5.41, 5.74) is 5.45. The lowest BCUT2D eigenvalue weighted by atomic mass is 9.96. The zero-order chi connectivity index (χ0) is 18.8. The van der Waals surface area contributed by atoms with Crippen LogP contribution in [-0.2, 0) is 4.79 Å². The summed E-state index contributed by atoms with van der Waals surface area (Å²) in [6, 6.07) is 10.1. The molecule has 4 nitrogen and oxygen atoms in total. The van der Waals surface area contributed by atoms with Gasteiger partial charge < -0.3 is 14.5 Å². The Labute approximate surface area is 161 Å². The molecule has 134 valence electrons. The van der Waals surface area contributed by atoms with Crippen molar-refractivity contribution < 1.29 is 13.9 Å². The summed E-state index contributed by atoms with van der Waals surface area (Å²) in [5, 5.41) is 3.60. The van der Waals surface area contributed by atoms with E-state index in [1.54, 1.807) is 26.5 Å². The number of fused-ring (bicyclic) bond motifs is 1. The standard InChI is InChI=1S/C21H20BrNO3/c1-12(8-19(24)23-3)16-10-17-18(14-6-5-7-15(22)9-14)11-26-21(17)13(2)20(16)25-4/h5-11H,1-4H3,(H,23,24)/b12-8+. The number of furan rings is 1. The minimum atomic E-state index is -0.151. The van der Waals surface area contributed by atoms with Crippen LogP contribution in [0.15, 0.2) is 51.6 Å². The molecule has 5 heteroatoms. The number of carbonyl (C=O) groups is 1. The molecule has 0 aliphatic heterocycles. The van der Waals surface area contributed by atoms with E-state index in [-0.39, 0.29) is 5.91 Å². The molecule has 0 spiro atoms. The molecule has 0 fully saturated rings. The number of halogens is 1.